The van der Waals surface area contributed by atoms with Crippen molar-refractivity contribution in [2.45, 2.75) is 12.8 Å². The smallest absolute Gasteiger partial charge is 0.295 e. The largest absolute Gasteiger partial charge is 0.379 e. The van der Waals surface area contributed by atoms with Crippen LogP contribution in [-0.4, -0.2) is 11.5 Å². The summed E-state index contributed by atoms with van der Waals surface area (Å²) >= 11 is 0. The van der Waals surface area contributed by atoms with Crippen LogP contribution in [0, 0.1) is 21.8 Å². The van der Waals surface area contributed by atoms with Crippen molar-refractivity contribution >= 4 is 11.4 Å². The molecule has 0 saturated heterocycles. The van der Waals surface area contributed by atoms with Gasteiger partial charge in [0.15, 0.2) is 0 Å². The van der Waals surface area contributed by atoms with Crippen molar-refractivity contribution < 1.29 is 9.31 Å². The van der Waals surface area contributed by atoms with E-state index in [-0.39, 0.29) is 5.69 Å². The van der Waals surface area contributed by atoms with Crippen molar-refractivity contribution in [1.82, 2.24) is 0 Å². The predicted molar refractivity (Wildman–Crippen MR) is 54.3 cm³/mol. The molecule has 0 bridgehead atoms. The first kappa shape index (κ1) is 9.89. The minimum atomic E-state index is -0.585. The molecule has 1 saturated carbocycles. The van der Waals surface area contributed by atoms with Crippen LogP contribution in [0.25, 0.3) is 0 Å². The van der Waals surface area contributed by atoms with Gasteiger partial charge in [-0.3, -0.25) is 10.1 Å². The van der Waals surface area contributed by atoms with Gasteiger partial charge in [-0.1, -0.05) is 0 Å². The standard InChI is InChI=1S/C10H11FN2O2/c11-8-3-4-9(10(5-8)13(14)15)12-6-7-1-2-7/h3-5,7,12H,1-2,6H2. The van der Waals surface area contributed by atoms with Gasteiger partial charge in [0.1, 0.15) is 11.5 Å². The molecule has 1 aliphatic carbocycles. The third-order valence-electron chi connectivity index (χ3n) is 2.43. The van der Waals surface area contributed by atoms with Crippen LogP contribution in [0.3, 0.4) is 0 Å². The van der Waals surface area contributed by atoms with Crippen molar-refractivity contribution in [2.75, 3.05) is 11.9 Å². The second-order valence-electron chi connectivity index (χ2n) is 3.74. The summed E-state index contributed by atoms with van der Waals surface area (Å²) in [6, 6.07) is 3.58. The molecule has 80 valence electrons. The Labute approximate surface area is 86.3 Å². The normalized spacial score (nSPS) is 15.0. The zero-order valence-corrected chi connectivity index (χ0v) is 8.07. The summed E-state index contributed by atoms with van der Waals surface area (Å²) < 4.78 is 12.8. The van der Waals surface area contributed by atoms with Gasteiger partial charge in [0.25, 0.3) is 5.69 Å². The Bertz CT molecular complexity index is 391. The molecule has 15 heavy (non-hydrogen) atoms. The molecule has 0 unspecified atom stereocenters. The van der Waals surface area contributed by atoms with Gasteiger partial charge in [-0.25, -0.2) is 4.39 Å². The molecule has 4 nitrogen and oxygen atoms in total. The number of hydrogen-bond acceptors (Lipinski definition) is 3. The zero-order valence-electron chi connectivity index (χ0n) is 8.07. The van der Waals surface area contributed by atoms with E-state index in [0.717, 1.165) is 12.6 Å². The van der Waals surface area contributed by atoms with E-state index in [2.05, 4.69) is 5.32 Å². The van der Waals surface area contributed by atoms with Gasteiger partial charge in [-0.15, -0.1) is 0 Å². The summed E-state index contributed by atoms with van der Waals surface area (Å²) in [6.45, 7) is 0.729. The fraction of sp³-hybridized carbons (Fsp3) is 0.400. The first-order valence-electron chi connectivity index (χ1n) is 4.84. The Balaban J connectivity index is 2.15. The molecular formula is C10H11FN2O2. The Kier molecular flexibility index (Phi) is 2.53. The summed E-state index contributed by atoms with van der Waals surface area (Å²) in [6.07, 6.45) is 2.34. The number of nitrogens with one attached hydrogen (secondary N) is 1. The number of benzene rings is 1. The van der Waals surface area contributed by atoms with E-state index >= 15 is 0 Å². The third kappa shape index (κ3) is 2.43. The highest BCUT2D eigenvalue weighted by molar-refractivity contribution is 5.61. The van der Waals surface area contributed by atoms with Crippen LogP contribution in [0.2, 0.25) is 0 Å². The quantitative estimate of drug-likeness (QED) is 0.613. The minimum Gasteiger partial charge on any atom is -0.379 e. The average Bonchev–Trinajstić information content (AvgIpc) is 2.99. The number of hydrogen-bond donors (Lipinski definition) is 1. The lowest BCUT2D eigenvalue weighted by Gasteiger charge is -2.05. The number of nitrogens with zero attached hydrogens (tertiary/aromatic N) is 1. The number of nitro benzene ring substituents is 1. The fourth-order valence-corrected chi connectivity index (χ4v) is 1.38. The summed E-state index contributed by atoms with van der Waals surface area (Å²) in [5.41, 5.74) is 0.198. The van der Waals surface area contributed by atoms with Crippen LogP contribution in [0.1, 0.15) is 12.8 Å². The highest BCUT2D eigenvalue weighted by Crippen LogP contribution is 2.31. The Morgan fingerprint density at radius 1 is 1.53 bits per heavy atom. The number of anilines is 1. The molecule has 1 aliphatic rings. The summed E-state index contributed by atoms with van der Waals surface area (Å²) in [5, 5.41) is 13.6. The summed E-state index contributed by atoms with van der Waals surface area (Å²) in [4.78, 5) is 10.1. The molecule has 0 aromatic heterocycles. The van der Waals surface area contributed by atoms with E-state index in [1.54, 1.807) is 0 Å². The van der Waals surface area contributed by atoms with Gasteiger partial charge in [-0.05, 0) is 30.9 Å². The molecule has 0 amide bonds. The molecule has 2 rings (SSSR count). The third-order valence-corrected chi connectivity index (χ3v) is 2.43. The lowest BCUT2D eigenvalue weighted by Crippen LogP contribution is -2.05. The lowest BCUT2D eigenvalue weighted by molar-refractivity contribution is -0.384. The van der Waals surface area contributed by atoms with E-state index in [9.17, 15) is 14.5 Å². The van der Waals surface area contributed by atoms with Gasteiger partial charge in [-0.2, -0.15) is 0 Å². The summed E-state index contributed by atoms with van der Waals surface area (Å²) in [7, 11) is 0. The minimum absolute atomic E-state index is 0.198. The van der Waals surface area contributed by atoms with Crippen LogP contribution < -0.4 is 5.32 Å². The van der Waals surface area contributed by atoms with Crippen LogP contribution in [-0.2, 0) is 0 Å². The van der Waals surface area contributed by atoms with E-state index in [1.165, 1.54) is 25.0 Å². The first-order chi connectivity index (χ1) is 7.16. The Hall–Kier alpha value is -1.65. The average molecular weight is 210 g/mol. The molecule has 1 aromatic carbocycles. The van der Waals surface area contributed by atoms with Crippen molar-refractivity contribution in [2.24, 2.45) is 5.92 Å². The van der Waals surface area contributed by atoms with Crippen molar-refractivity contribution in [1.29, 1.82) is 0 Å². The molecule has 0 radical (unpaired) electrons. The van der Waals surface area contributed by atoms with Gasteiger partial charge in [0, 0.05) is 6.54 Å². The van der Waals surface area contributed by atoms with Gasteiger partial charge < -0.3 is 5.32 Å². The topological polar surface area (TPSA) is 55.2 Å². The Morgan fingerprint density at radius 3 is 2.87 bits per heavy atom. The first-order valence-corrected chi connectivity index (χ1v) is 4.84. The maximum Gasteiger partial charge on any atom is 0.295 e. The van der Waals surface area contributed by atoms with Gasteiger partial charge in [0.05, 0.1) is 11.0 Å². The molecule has 0 aliphatic heterocycles. The zero-order chi connectivity index (χ0) is 10.8. The molecule has 1 aromatic rings. The number of nitro groups is 1. The maximum atomic E-state index is 12.8. The summed E-state index contributed by atoms with van der Waals surface area (Å²) in [5.74, 6) is 0.0355. The number of halogens is 1. The van der Waals surface area contributed by atoms with E-state index in [4.69, 9.17) is 0 Å². The lowest BCUT2D eigenvalue weighted by atomic mass is 10.2. The molecule has 0 spiro atoms. The molecule has 0 atom stereocenters. The van der Waals surface area contributed by atoms with Crippen LogP contribution in [0.15, 0.2) is 18.2 Å². The van der Waals surface area contributed by atoms with E-state index in [0.29, 0.717) is 11.6 Å². The maximum absolute atomic E-state index is 12.8. The second-order valence-corrected chi connectivity index (χ2v) is 3.74. The highest BCUT2D eigenvalue weighted by Gasteiger charge is 2.22. The predicted octanol–water partition coefficient (Wildman–Crippen LogP) is 2.56. The molecule has 1 N–H and O–H groups in total. The number of rotatable bonds is 4. The van der Waals surface area contributed by atoms with Crippen molar-refractivity contribution in [3.63, 3.8) is 0 Å². The van der Waals surface area contributed by atoms with Crippen LogP contribution >= 0.6 is 0 Å². The van der Waals surface area contributed by atoms with Crippen molar-refractivity contribution in [3.8, 4) is 0 Å². The monoisotopic (exact) mass is 210 g/mol. The second kappa shape index (κ2) is 3.84. The SMILES string of the molecule is O=[N+]([O-])c1cc(F)ccc1NCC1CC1. The molecule has 1 fully saturated rings. The van der Waals surface area contributed by atoms with Gasteiger partial charge in [0.2, 0.25) is 0 Å². The van der Waals surface area contributed by atoms with Crippen LogP contribution in [0.5, 0.6) is 0 Å². The highest BCUT2D eigenvalue weighted by atomic mass is 19.1. The molecular weight excluding hydrogens is 199 g/mol. The Morgan fingerprint density at radius 2 is 2.27 bits per heavy atom. The fourth-order valence-electron chi connectivity index (χ4n) is 1.38. The van der Waals surface area contributed by atoms with E-state index < -0.39 is 10.7 Å². The van der Waals surface area contributed by atoms with Gasteiger partial charge >= 0.3 is 0 Å². The van der Waals surface area contributed by atoms with Crippen molar-refractivity contribution in [3.05, 3.63) is 34.1 Å². The van der Waals surface area contributed by atoms with E-state index in [1.807, 2.05) is 0 Å². The van der Waals surface area contributed by atoms with Crippen LogP contribution in [0.4, 0.5) is 15.8 Å². The molecule has 0 heterocycles. The molecule has 5 heteroatoms.